The van der Waals surface area contributed by atoms with Crippen molar-refractivity contribution >= 4 is 23.5 Å². The second-order valence-corrected chi connectivity index (χ2v) is 5.74. The molecule has 2 aromatic rings. The first-order valence-electron chi connectivity index (χ1n) is 8.27. The van der Waals surface area contributed by atoms with Crippen LogP contribution in [0, 0.1) is 0 Å². The van der Waals surface area contributed by atoms with Crippen LogP contribution >= 0.6 is 0 Å². The van der Waals surface area contributed by atoms with E-state index in [1.807, 2.05) is 4.90 Å². The number of nitrogens with one attached hydrogen (secondary N) is 2. The van der Waals surface area contributed by atoms with E-state index in [9.17, 15) is 9.59 Å². The number of carbonyl (C=O) groups is 2. The third-order valence-corrected chi connectivity index (χ3v) is 3.90. The predicted octanol–water partition coefficient (Wildman–Crippen LogP) is 1.36. The molecule has 8 heteroatoms. The van der Waals surface area contributed by atoms with Crippen molar-refractivity contribution in [2.75, 3.05) is 25.0 Å². The number of carbonyl (C=O) groups excluding carboxylic acids is 2. The lowest BCUT2D eigenvalue weighted by atomic mass is 10.2. The summed E-state index contributed by atoms with van der Waals surface area (Å²) >= 11 is 0. The van der Waals surface area contributed by atoms with Crippen molar-refractivity contribution in [1.29, 1.82) is 0 Å². The summed E-state index contributed by atoms with van der Waals surface area (Å²) in [5.41, 5.74) is 0.513. The number of rotatable bonds is 7. The van der Waals surface area contributed by atoms with Gasteiger partial charge < -0.3 is 15.5 Å². The number of anilines is 2. The molecular formula is C17H20N6O2. The molecule has 3 rings (SSSR count). The molecule has 2 N–H and O–H groups in total. The fraction of sp³-hybridized carbons (Fsp3) is 0.353. The van der Waals surface area contributed by atoms with Gasteiger partial charge in [0.25, 0.3) is 5.91 Å². The van der Waals surface area contributed by atoms with Crippen LogP contribution in [0.25, 0.3) is 0 Å². The summed E-state index contributed by atoms with van der Waals surface area (Å²) in [4.78, 5) is 37.9. The smallest absolute Gasteiger partial charge is 0.251 e. The van der Waals surface area contributed by atoms with Gasteiger partial charge in [-0.05, 0) is 25.0 Å². The minimum absolute atomic E-state index is 0.169. The Kier molecular flexibility index (Phi) is 5.50. The summed E-state index contributed by atoms with van der Waals surface area (Å²) in [6, 6.07) is 3.31. The monoisotopic (exact) mass is 340 g/mol. The predicted molar refractivity (Wildman–Crippen MR) is 92.3 cm³/mol. The number of pyridine rings is 1. The number of amides is 2. The maximum absolute atomic E-state index is 12.2. The highest BCUT2D eigenvalue weighted by atomic mass is 16.2. The van der Waals surface area contributed by atoms with E-state index >= 15 is 0 Å². The van der Waals surface area contributed by atoms with Crippen LogP contribution in [0.5, 0.6) is 0 Å². The average Bonchev–Trinajstić information content (AvgIpc) is 3.04. The maximum Gasteiger partial charge on any atom is 0.251 e. The minimum Gasteiger partial charge on any atom is -0.352 e. The standard InChI is InChI=1S/C17H20N6O2/c24-16-3-1-9-23(16)10-2-5-21-17(25)13-4-6-19-14(11-13)22-15-12-18-7-8-20-15/h4,6-8,11-12H,1-3,5,9-10H2,(H,21,25)(H,19,20,22). The van der Waals surface area contributed by atoms with Gasteiger partial charge in [-0.1, -0.05) is 0 Å². The first-order chi connectivity index (χ1) is 12.2. The fourth-order valence-electron chi connectivity index (χ4n) is 2.65. The van der Waals surface area contributed by atoms with Gasteiger partial charge in [-0.25, -0.2) is 9.97 Å². The highest BCUT2D eigenvalue weighted by Crippen LogP contribution is 2.12. The van der Waals surface area contributed by atoms with E-state index in [0.717, 1.165) is 19.4 Å². The molecule has 1 saturated heterocycles. The number of likely N-dealkylation sites (tertiary alicyclic amines) is 1. The molecule has 0 aliphatic carbocycles. The van der Waals surface area contributed by atoms with Crippen molar-refractivity contribution in [2.45, 2.75) is 19.3 Å². The second-order valence-electron chi connectivity index (χ2n) is 5.74. The van der Waals surface area contributed by atoms with Crippen LogP contribution in [0.15, 0.2) is 36.9 Å². The van der Waals surface area contributed by atoms with Crippen molar-refractivity contribution in [1.82, 2.24) is 25.2 Å². The highest BCUT2D eigenvalue weighted by molar-refractivity contribution is 5.94. The largest absolute Gasteiger partial charge is 0.352 e. The van der Waals surface area contributed by atoms with Crippen LogP contribution in [0.4, 0.5) is 11.6 Å². The van der Waals surface area contributed by atoms with Gasteiger partial charge in [0.2, 0.25) is 5.91 Å². The summed E-state index contributed by atoms with van der Waals surface area (Å²) in [5, 5.41) is 5.87. The Hall–Kier alpha value is -3.03. The molecule has 0 spiro atoms. The number of hydrogen-bond acceptors (Lipinski definition) is 6. The summed E-state index contributed by atoms with van der Waals surface area (Å²) < 4.78 is 0. The van der Waals surface area contributed by atoms with Gasteiger partial charge in [-0.15, -0.1) is 0 Å². The quantitative estimate of drug-likeness (QED) is 0.738. The van der Waals surface area contributed by atoms with Crippen LogP contribution in [0.1, 0.15) is 29.6 Å². The summed E-state index contributed by atoms with van der Waals surface area (Å²) in [5.74, 6) is 1.12. The van der Waals surface area contributed by atoms with Gasteiger partial charge >= 0.3 is 0 Å². The lowest BCUT2D eigenvalue weighted by Crippen LogP contribution is -2.30. The molecule has 0 radical (unpaired) electrons. The first kappa shape index (κ1) is 16.8. The van der Waals surface area contributed by atoms with Crippen LogP contribution in [0.3, 0.4) is 0 Å². The third-order valence-electron chi connectivity index (χ3n) is 3.90. The Morgan fingerprint density at radius 3 is 2.84 bits per heavy atom. The summed E-state index contributed by atoms with van der Waals surface area (Å²) in [6.45, 7) is 2.04. The molecule has 1 fully saturated rings. The van der Waals surface area contributed by atoms with Crippen LogP contribution in [-0.4, -0.2) is 51.3 Å². The Labute approximate surface area is 145 Å². The molecule has 0 atom stereocenters. The topological polar surface area (TPSA) is 100 Å². The Morgan fingerprint density at radius 2 is 2.08 bits per heavy atom. The highest BCUT2D eigenvalue weighted by Gasteiger charge is 2.19. The molecule has 0 aromatic carbocycles. The minimum atomic E-state index is -0.169. The molecule has 2 amide bonds. The van der Waals surface area contributed by atoms with E-state index in [1.165, 1.54) is 0 Å². The zero-order valence-corrected chi connectivity index (χ0v) is 13.8. The average molecular weight is 340 g/mol. The van der Waals surface area contributed by atoms with Crippen LogP contribution < -0.4 is 10.6 Å². The SMILES string of the molecule is O=C(NCCCN1CCCC1=O)c1ccnc(Nc2cnccn2)c1. The van der Waals surface area contributed by atoms with Crippen molar-refractivity contribution in [3.05, 3.63) is 42.5 Å². The molecule has 8 nitrogen and oxygen atoms in total. The van der Waals surface area contributed by atoms with E-state index < -0.39 is 0 Å². The van der Waals surface area contributed by atoms with Crippen LogP contribution in [-0.2, 0) is 4.79 Å². The van der Waals surface area contributed by atoms with Gasteiger partial charge in [0.15, 0.2) is 0 Å². The second kappa shape index (κ2) is 8.18. The lowest BCUT2D eigenvalue weighted by Gasteiger charge is -2.15. The molecule has 1 aliphatic heterocycles. The van der Waals surface area contributed by atoms with Crippen molar-refractivity contribution in [3.8, 4) is 0 Å². The molecule has 1 aliphatic rings. The van der Waals surface area contributed by atoms with Gasteiger partial charge in [-0.3, -0.25) is 14.6 Å². The molecular weight excluding hydrogens is 320 g/mol. The zero-order chi connectivity index (χ0) is 17.5. The molecule has 25 heavy (non-hydrogen) atoms. The molecule has 130 valence electrons. The molecule has 2 aromatic heterocycles. The third kappa shape index (κ3) is 4.72. The lowest BCUT2D eigenvalue weighted by molar-refractivity contribution is -0.127. The summed E-state index contributed by atoms with van der Waals surface area (Å²) in [6.07, 6.45) is 8.62. The maximum atomic E-state index is 12.2. The van der Waals surface area contributed by atoms with E-state index in [0.29, 0.717) is 36.7 Å². The van der Waals surface area contributed by atoms with E-state index in [1.54, 1.807) is 36.9 Å². The Morgan fingerprint density at radius 1 is 1.20 bits per heavy atom. The summed E-state index contributed by atoms with van der Waals surface area (Å²) in [7, 11) is 0. The number of hydrogen-bond donors (Lipinski definition) is 2. The number of aromatic nitrogens is 3. The molecule has 0 unspecified atom stereocenters. The van der Waals surface area contributed by atoms with E-state index in [2.05, 4.69) is 25.6 Å². The van der Waals surface area contributed by atoms with Crippen molar-refractivity contribution in [3.63, 3.8) is 0 Å². The zero-order valence-electron chi connectivity index (χ0n) is 13.8. The van der Waals surface area contributed by atoms with Crippen LogP contribution in [0.2, 0.25) is 0 Å². The van der Waals surface area contributed by atoms with Gasteiger partial charge in [0, 0.05) is 50.2 Å². The normalized spacial score (nSPS) is 13.8. The molecule has 0 saturated carbocycles. The van der Waals surface area contributed by atoms with Gasteiger partial charge in [0.05, 0.1) is 6.20 Å². The number of nitrogens with zero attached hydrogens (tertiary/aromatic N) is 4. The Bertz CT molecular complexity index is 737. The Balaban J connectivity index is 1.48. The first-order valence-corrected chi connectivity index (χ1v) is 8.27. The van der Waals surface area contributed by atoms with Gasteiger partial charge in [0.1, 0.15) is 11.6 Å². The van der Waals surface area contributed by atoms with E-state index in [-0.39, 0.29) is 11.8 Å². The van der Waals surface area contributed by atoms with Crippen molar-refractivity contribution in [2.24, 2.45) is 0 Å². The molecule has 0 bridgehead atoms. The van der Waals surface area contributed by atoms with E-state index in [4.69, 9.17) is 0 Å². The van der Waals surface area contributed by atoms with Gasteiger partial charge in [-0.2, -0.15) is 0 Å². The molecule has 3 heterocycles. The van der Waals surface area contributed by atoms with Crippen molar-refractivity contribution < 1.29 is 9.59 Å². The fourth-order valence-corrected chi connectivity index (χ4v) is 2.65.